The van der Waals surface area contributed by atoms with Crippen molar-refractivity contribution in [2.75, 3.05) is 47.0 Å². The first-order valence-electron chi connectivity index (χ1n) is 10.8. The molecule has 2 N–H and O–H groups in total. The summed E-state index contributed by atoms with van der Waals surface area (Å²) in [6.45, 7) is 13.8. The summed E-state index contributed by atoms with van der Waals surface area (Å²) in [6.07, 6.45) is 4.22. The highest BCUT2D eigenvalue weighted by Gasteiger charge is 2.27. The lowest BCUT2D eigenvalue weighted by atomic mass is 9.92. The van der Waals surface area contributed by atoms with E-state index in [2.05, 4.69) is 39.4 Å². The van der Waals surface area contributed by atoms with Crippen LogP contribution in [0.5, 0.6) is 5.75 Å². The van der Waals surface area contributed by atoms with Crippen LogP contribution < -0.4 is 15.4 Å². The molecule has 1 saturated heterocycles. The van der Waals surface area contributed by atoms with Crippen LogP contribution in [0.2, 0.25) is 0 Å². The molecular formula is C22H40IN5O2. The zero-order valence-electron chi connectivity index (χ0n) is 19.5. The van der Waals surface area contributed by atoms with Crippen LogP contribution in [0.1, 0.15) is 43.5 Å². The number of pyridine rings is 1. The summed E-state index contributed by atoms with van der Waals surface area (Å²) in [5, 5.41) is 6.95. The number of hydrogen-bond acceptors (Lipinski definition) is 5. The molecule has 7 nitrogen and oxygen atoms in total. The highest BCUT2D eigenvalue weighted by Crippen LogP contribution is 2.24. The van der Waals surface area contributed by atoms with E-state index >= 15 is 0 Å². The van der Waals surface area contributed by atoms with Gasteiger partial charge in [-0.3, -0.25) is 14.9 Å². The zero-order chi connectivity index (χ0) is 21.2. The summed E-state index contributed by atoms with van der Waals surface area (Å²) in [4.78, 5) is 11.5. The standard InChI is InChI=1S/C22H39N5O2.HI/c1-7-18(8-2)20(27-9-11-29-12-10-27)15-26-22(23-5)25-14-19-17(4)21(28-6)16(3)13-24-19;/h13,18,20H,7-12,14-15H2,1-6H3,(H2,23,25,26);1H. The zero-order valence-corrected chi connectivity index (χ0v) is 21.8. The van der Waals surface area contributed by atoms with E-state index in [1.54, 1.807) is 7.11 Å². The van der Waals surface area contributed by atoms with E-state index in [1.807, 2.05) is 27.1 Å². The van der Waals surface area contributed by atoms with Gasteiger partial charge in [0.05, 0.1) is 32.6 Å². The van der Waals surface area contributed by atoms with Gasteiger partial charge in [-0.1, -0.05) is 26.7 Å². The predicted molar refractivity (Wildman–Crippen MR) is 134 cm³/mol. The van der Waals surface area contributed by atoms with Crippen LogP contribution in [0.15, 0.2) is 11.2 Å². The van der Waals surface area contributed by atoms with E-state index in [9.17, 15) is 0 Å². The average molecular weight is 533 g/mol. The van der Waals surface area contributed by atoms with Crippen LogP contribution in [0.25, 0.3) is 0 Å². The second kappa shape index (κ2) is 14.0. The number of nitrogens with one attached hydrogen (secondary N) is 2. The van der Waals surface area contributed by atoms with Crippen LogP contribution in [-0.2, 0) is 11.3 Å². The fourth-order valence-corrected chi connectivity index (χ4v) is 4.17. The highest BCUT2D eigenvalue weighted by molar-refractivity contribution is 14.0. The van der Waals surface area contributed by atoms with Gasteiger partial charge in [0.2, 0.25) is 0 Å². The number of hydrogen-bond donors (Lipinski definition) is 2. The molecule has 0 aliphatic carbocycles. The van der Waals surface area contributed by atoms with Crippen molar-refractivity contribution < 1.29 is 9.47 Å². The van der Waals surface area contributed by atoms with E-state index in [4.69, 9.17) is 9.47 Å². The summed E-state index contributed by atoms with van der Waals surface area (Å²) >= 11 is 0. The summed E-state index contributed by atoms with van der Waals surface area (Å²) < 4.78 is 11.1. The Balaban J connectivity index is 0.00000450. The van der Waals surface area contributed by atoms with Gasteiger partial charge in [0.1, 0.15) is 5.75 Å². The Labute approximate surface area is 199 Å². The molecule has 2 heterocycles. The molecule has 1 fully saturated rings. The number of nitrogens with zero attached hydrogens (tertiary/aromatic N) is 3. The van der Waals surface area contributed by atoms with Gasteiger partial charge in [-0.25, -0.2) is 0 Å². The first-order valence-corrected chi connectivity index (χ1v) is 10.8. The Morgan fingerprint density at radius 2 is 1.90 bits per heavy atom. The number of methoxy groups -OCH3 is 1. The maximum atomic E-state index is 5.55. The molecule has 0 bridgehead atoms. The normalized spacial score (nSPS) is 16.2. The number of ether oxygens (including phenoxy) is 2. The van der Waals surface area contributed by atoms with E-state index in [0.717, 1.165) is 61.4 Å². The average Bonchev–Trinajstić information content (AvgIpc) is 2.75. The Morgan fingerprint density at radius 1 is 1.23 bits per heavy atom. The van der Waals surface area contributed by atoms with Crippen LogP contribution in [0.3, 0.4) is 0 Å². The molecule has 2 rings (SSSR count). The molecule has 0 saturated carbocycles. The molecule has 0 aromatic carbocycles. The Morgan fingerprint density at radius 3 is 2.47 bits per heavy atom. The third kappa shape index (κ3) is 7.23. The molecule has 0 amide bonds. The second-order valence-electron chi connectivity index (χ2n) is 7.65. The van der Waals surface area contributed by atoms with Crippen molar-refractivity contribution >= 4 is 29.9 Å². The first-order chi connectivity index (χ1) is 14.0. The maximum Gasteiger partial charge on any atom is 0.191 e. The van der Waals surface area contributed by atoms with E-state index in [1.165, 1.54) is 12.8 Å². The fourth-order valence-electron chi connectivity index (χ4n) is 4.17. The Hall–Kier alpha value is -1.13. The van der Waals surface area contributed by atoms with E-state index in [-0.39, 0.29) is 24.0 Å². The van der Waals surface area contributed by atoms with Crippen molar-refractivity contribution in [2.24, 2.45) is 10.9 Å². The van der Waals surface area contributed by atoms with Gasteiger partial charge in [-0.05, 0) is 19.8 Å². The molecule has 0 radical (unpaired) electrons. The molecule has 1 atom stereocenters. The fraction of sp³-hybridized carbons (Fsp3) is 0.727. The lowest BCUT2D eigenvalue weighted by Gasteiger charge is -2.39. The van der Waals surface area contributed by atoms with Crippen molar-refractivity contribution in [1.82, 2.24) is 20.5 Å². The number of morpholine rings is 1. The van der Waals surface area contributed by atoms with Gasteiger partial charge in [0.25, 0.3) is 0 Å². The Bertz CT molecular complexity index is 661. The molecule has 1 aliphatic rings. The third-order valence-corrected chi connectivity index (χ3v) is 5.98. The molecule has 8 heteroatoms. The summed E-state index contributed by atoms with van der Waals surface area (Å²) in [5.41, 5.74) is 3.09. The second-order valence-corrected chi connectivity index (χ2v) is 7.65. The van der Waals surface area contributed by atoms with Crippen molar-refractivity contribution in [1.29, 1.82) is 0 Å². The minimum atomic E-state index is 0. The van der Waals surface area contributed by atoms with Crippen LogP contribution in [-0.4, -0.2) is 68.9 Å². The molecule has 30 heavy (non-hydrogen) atoms. The number of aryl methyl sites for hydroxylation is 1. The maximum absolute atomic E-state index is 5.55. The number of aliphatic imine (C=N–C) groups is 1. The highest BCUT2D eigenvalue weighted by atomic mass is 127. The monoisotopic (exact) mass is 533 g/mol. The van der Waals surface area contributed by atoms with Crippen molar-refractivity contribution in [3.63, 3.8) is 0 Å². The third-order valence-electron chi connectivity index (χ3n) is 5.98. The van der Waals surface area contributed by atoms with Crippen LogP contribution in [0.4, 0.5) is 0 Å². The topological polar surface area (TPSA) is 71.0 Å². The smallest absolute Gasteiger partial charge is 0.191 e. The predicted octanol–water partition coefficient (Wildman–Crippen LogP) is 3.13. The molecule has 172 valence electrons. The lowest BCUT2D eigenvalue weighted by molar-refractivity contribution is 0.00272. The van der Waals surface area contributed by atoms with Crippen molar-refractivity contribution in [3.05, 3.63) is 23.0 Å². The number of aromatic nitrogens is 1. The van der Waals surface area contributed by atoms with Crippen molar-refractivity contribution in [3.8, 4) is 5.75 Å². The largest absolute Gasteiger partial charge is 0.496 e. The first kappa shape index (κ1) is 26.9. The number of guanidine groups is 1. The molecule has 1 aromatic heterocycles. The van der Waals surface area contributed by atoms with Crippen LogP contribution in [0, 0.1) is 19.8 Å². The van der Waals surface area contributed by atoms with Gasteiger partial charge >= 0.3 is 0 Å². The molecule has 1 aromatic rings. The van der Waals surface area contributed by atoms with Gasteiger partial charge in [0, 0.05) is 50.0 Å². The van der Waals surface area contributed by atoms with Gasteiger partial charge in [0.15, 0.2) is 5.96 Å². The van der Waals surface area contributed by atoms with E-state index < -0.39 is 0 Å². The van der Waals surface area contributed by atoms with Gasteiger partial charge < -0.3 is 20.1 Å². The minimum Gasteiger partial charge on any atom is -0.496 e. The van der Waals surface area contributed by atoms with Crippen LogP contribution >= 0.6 is 24.0 Å². The molecule has 1 unspecified atom stereocenters. The SMILES string of the molecule is CCC(CC)C(CNC(=NC)NCc1ncc(C)c(OC)c1C)N1CCOCC1.I. The van der Waals surface area contributed by atoms with E-state index in [0.29, 0.717) is 18.5 Å². The lowest BCUT2D eigenvalue weighted by Crippen LogP contribution is -2.53. The number of halogens is 1. The molecule has 0 spiro atoms. The number of rotatable bonds is 9. The molecular weight excluding hydrogens is 493 g/mol. The summed E-state index contributed by atoms with van der Waals surface area (Å²) in [7, 11) is 3.52. The minimum absolute atomic E-state index is 0. The quantitative estimate of drug-likeness (QED) is 0.289. The van der Waals surface area contributed by atoms with Gasteiger partial charge in [-0.2, -0.15) is 0 Å². The van der Waals surface area contributed by atoms with Gasteiger partial charge in [-0.15, -0.1) is 24.0 Å². The molecule has 1 aliphatic heterocycles. The summed E-state index contributed by atoms with van der Waals surface area (Å²) in [5.74, 6) is 2.36. The Kier molecular flexibility index (Phi) is 12.6. The van der Waals surface area contributed by atoms with Crippen molar-refractivity contribution in [2.45, 2.75) is 53.1 Å². The summed E-state index contributed by atoms with van der Waals surface area (Å²) in [6, 6.07) is 0.479.